The van der Waals surface area contributed by atoms with Gasteiger partial charge in [-0.25, -0.2) is 0 Å². The molecule has 0 saturated carbocycles. The average molecular weight is 444 g/mol. The molecule has 0 bridgehead atoms. The van der Waals surface area contributed by atoms with Crippen LogP contribution in [0.25, 0.3) is 0 Å². The summed E-state index contributed by atoms with van der Waals surface area (Å²) in [5, 5.41) is 0. The fourth-order valence-electron chi connectivity index (χ4n) is 2.52. The van der Waals surface area contributed by atoms with Crippen molar-refractivity contribution in [1.82, 2.24) is 0 Å². The summed E-state index contributed by atoms with van der Waals surface area (Å²) in [6.45, 7) is 8.06. The van der Waals surface area contributed by atoms with Crippen LogP contribution in [0.2, 0.25) is 0 Å². The van der Waals surface area contributed by atoms with E-state index in [1.54, 1.807) is 0 Å². The third-order valence-corrected chi connectivity index (χ3v) is 12.4. The quantitative estimate of drug-likeness (QED) is 0.377. The van der Waals surface area contributed by atoms with Crippen molar-refractivity contribution >= 4 is 43.5 Å². The molecule has 0 aromatic heterocycles. The second-order valence-electron chi connectivity index (χ2n) is 5.95. The standard InChI is InChI=1S/C15H25IO5S/c1-9(2)16-6-5-10(3)7-12(16)20-14(18)15-21-13(8-22-15)19-11(4)17/h9-10,12-13,15H,5-8H2,1-4H3/t10-,12-,13-,15+/m1/s1. The summed E-state index contributed by atoms with van der Waals surface area (Å²) in [5.41, 5.74) is -0.661. The molecule has 0 radical (unpaired) electrons. The van der Waals surface area contributed by atoms with Crippen LogP contribution in [-0.4, -0.2) is 41.9 Å². The molecule has 0 aliphatic carbocycles. The molecule has 5 nitrogen and oxygen atoms in total. The van der Waals surface area contributed by atoms with E-state index in [0.29, 0.717) is 15.6 Å². The molecule has 0 N–H and O–H groups in total. The SMILES string of the molecule is CC(=O)O[C@H]1CS[C@@H](C(=O)O[C@@H]2C[C@H](C)CCI2C(C)C)O1. The molecule has 0 amide bonds. The average Bonchev–Trinajstić information content (AvgIpc) is 2.86. The van der Waals surface area contributed by atoms with E-state index in [9.17, 15) is 9.59 Å². The number of hydrogen-bond acceptors (Lipinski definition) is 6. The Kier molecular flexibility index (Phi) is 6.82. The van der Waals surface area contributed by atoms with E-state index in [1.807, 2.05) is 0 Å². The fraction of sp³-hybridized carbons (Fsp3) is 0.867. The van der Waals surface area contributed by atoms with Gasteiger partial charge in [0, 0.05) is 0 Å². The first-order valence-electron chi connectivity index (χ1n) is 7.64. The van der Waals surface area contributed by atoms with E-state index in [1.165, 1.54) is 29.5 Å². The molecule has 2 aliphatic rings. The number of carbonyl (C=O) groups is 2. The molecule has 0 aromatic carbocycles. The van der Waals surface area contributed by atoms with Crippen molar-refractivity contribution in [3.8, 4) is 0 Å². The Balaban J connectivity index is 1.88. The molecular formula is C15H25IO5S. The van der Waals surface area contributed by atoms with Crippen LogP contribution >= 0.6 is 31.6 Å². The topological polar surface area (TPSA) is 61.8 Å². The van der Waals surface area contributed by atoms with Gasteiger partial charge >= 0.3 is 144 Å². The van der Waals surface area contributed by atoms with Gasteiger partial charge < -0.3 is 0 Å². The van der Waals surface area contributed by atoms with Crippen LogP contribution in [0, 0.1) is 5.92 Å². The minimum atomic E-state index is -1.28. The van der Waals surface area contributed by atoms with Crippen LogP contribution in [0.1, 0.15) is 40.5 Å². The Morgan fingerprint density at radius 1 is 1.32 bits per heavy atom. The molecule has 0 aromatic rings. The maximum atomic E-state index is 12.3. The molecular weight excluding hydrogens is 419 g/mol. The van der Waals surface area contributed by atoms with Gasteiger partial charge in [0.15, 0.2) is 0 Å². The molecule has 2 fully saturated rings. The predicted octanol–water partition coefficient (Wildman–Crippen LogP) is 3.18. The maximum absolute atomic E-state index is 12.3. The van der Waals surface area contributed by atoms with Gasteiger partial charge in [-0.1, -0.05) is 0 Å². The van der Waals surface area contributed by atoms with E-state index in [0.717, 1.165) is 6.42 Å². The van der Waals surface area contributed by atoms with Gasteiger partial charge in [-0.15, -0.1) is 0 Å². The predicted molar refractivity (Wildman–Crippen MR) is 95.2 cm³/mol. The van der Waals surface area contributed by atoms with Crippen LogP contribution in [0.4, 0.5) is 0 Å². The first-order chi connectivity index (χ1) is 10.4. The summed E-state index contributed by atoms with van der Waals surface area (Å²) >= 11 is 0.0670. The van der Waals surface area contributed by atoms with Gasteiger partial charge in [0.2, 0.25) is 0 Å². The number of alkyl halides is 3. The molecule has 0 unspecified atom stereocenters. The van der Waals surface area contributed by atoms with E-state index in [4.69, 9.17) is 14.2 Å². The molecule has 2 saturated heterocycles. The molecule has 0 spiro atoms. The monoisotopic (exact) mass is 444 g/mol. The fourth-order valence-corrected chi connectivity index (χ4v) is 10.8. The van der Waals surface area contributed by atoms with Crippen LogP contribution < -0.4 is 0 Å². The normalized spacial score (nSPS) is 33.8. The summed E-state index contributed by atoms with van der Waals surface area (Å²) in [6, 6.07) is 0. The van der Waals surface area contributed by atoms with Crippen molar-refractivity contribution in [2.45, 2.75) is 60.3 Å². The Bertz CT molecular complexity index is 417. The zero-order chi connectivity index (χ0) is 16.3. The molecule has 2 rings (SSSR count). The summed E-state index contributed by atoms with van der Waals surface area (Å²) in [7, 11) is 0. The summed E-state index contributed by atoms with van der Waals surface area (Å²) in [4.78, 5) is 23.3. The van der Waals surface area contributed by atoms with Crippen LogP contribution in [0.5, 0.6) is 0 Å². The Morgan fingerprint density at radius 3 is 2.68 bits per heavy atom. The summed E-state index contributed by atoms with van der Waals surface area (Å²) in [6.07, 6.45) is 1.62. The Hall–Kier alpha value is -0.0200. The van der Waals surface area contributed by atoms with Gasteiger partial charge in [-0.05, 0) is 0 Å². The zero-order valence-corrected chi connectivity index (χ0v) is 16.5. The van der Waals surface area contributed by atoms with E-state index < -0.39 is 37.5 Å². The molecule has 128 valence electrons. The molecule has 7 heteroatoms. The van der Waals surface area contributed by atoms with Gasteiger partial charge in [-0.3, -0.25) is 0 Å². The van der Waals surface area contributed by atoms with Crippen molar-refractivity contribution in [2.75, 3.05) is 10.2 Å². The second kappa shape index (κ2) is 8.19. The van der Waals surface area contributed by atoms with Crippen LogP contribution in [0.3, 0.4) is 0 Å². The van der Waals surface area contributed by atoms with Gasteiger partial charge in [0.25, 0.3) is 0 Å². The molecule has 22 heavy (non-hydrogen) atoms. The minimum absolute atomic E-state index is 0.123. The van der Waals surface area contributed by atoms with Crippen molar-refractivity contribution in [3.05, 3.63) is 0 Å². The van der Waals surface area contributed by atoms with E-state index in [2.05, 4.69) is 20.8 Å². The first-order valence-corrected chi connectivity index (χ1v) is 12.7. The van der Waals surface area contributed by atoms with Crippen molar-refractivity contribution in [2.24, 2.45) is 5.92 Å². The summed E-state index contributed by atoms with van der Waals surface area (Å²) < 4.78 is 18.3. The number of ether oxygens (including phenoxy) is 3. The van der Waals surface area contributed by atoms with Gasteiger partial charge in [0.05, 0.1) is 0 Å². The number of hydrogen-bond donors (Lipinski definition) is 0. The molecule has 4 atom stereocenters. The van der Waals surface area contributed by atoms with E-state index >= 15 is 0 Å². The summed E-state index contributed by atoms with van der Waals surface area (Å²) in [5.74, 6) is 0.402. The van der Waals surface area contributed by atoms with Crippen molar-refractivity contribution in [3.63, 3.8) is 0 Å². The Morgan fingerprint density at radius 2 is 2.05 bits per heavy atom. The van der Waals surface area contributed by atoms with Crippen molar-refractivity contribution in [1.29, 1.82) is 0 Å². The number of carbonyl (C=O) groups excluding carboxylic acids is 2. The zero-order valence-electron chi connectivity index (χ0n) is 13.5. The Labute approximate surface area is 143 Å². The first kappa shape index (κ1) is 18.3. The number of rotatable bonds is 4. The third kappa shape index (κ3) is 4.99. The second-order valence-corrected chi connectivity index (χ2v) is 14.5. The number of thioether (sulfide) groups is 1. The van der Waals surface area contributed by atoms with E-state index in [-0.39, 0.29) is 10.1 Å². The van der Waals surface area contributed by atoms with Crippen LogP contribution in [0.15, 0.2) is 0 Å². The number of halogens is 1. The van der Waals surface area contributed by atoms with Gasteiger partial charge in [0.1, 0.15) is 0 Å². The number of esters is 2. The third-order valence-electron chi connectivity index (χ3n) is 3.67. The van der Waals surface area contributed by atoms with Crippen molar-refractivity contribution < 1.29 is 23.8 Å². The molecule has 2 aliphatic heterocycles. The van der Waals surface area contributed by atoms with Gasteiger partial charge in [-0.2, -0.15) is 0 Å². The molecule has 2 heterocycles. The van der Waals surface area contributed by atoms with Crippen LogP contribution in [-0.2, 0) is 23.8 Å².